The van der Waals surface area contributed by atoms with Crippen LogP contribution in [-0.2, 0) is 0 Å². The van der Waals surface area contributed by atoms with Gasteiger partial charge in [0.1, 0.15) is 0 Å². The molecule has 0 spiro atoms. The van der Waals surface area contributed by atoms with Crippen molar-refractivity contribution in [1.82, 2.24) is 0 Å². The van der Waals surface area contributed by atoms with Crippen molar-refractivity contribution in [2.24, 2.45) is 17.3 Å². The molecule has 1 heteroatoms. The van der Waals surface area contributed by atoms with Crippen LogP contribution in [0.25, 0.3) is 0 Å². The molecule has 1 fully saturated rings. The second-order valence-corrected chi connectivity index (χ2v) is 6.36. The van der Waals surface area contributed by atoms with Crippen LogP contribution >= 0.6 is 0 Å². The van der Waals surface area contributed by atoms with Crippen LogP contribution in [0, 0.1) is 17.3 Å². The van der Waals surface area contributed by atoms with Crippen LogP contribution in [0.15, 0.2) is 0 Å². The Kier molecular flexibility index (Phi) is 4.64. The Hall–Kier alpha value is -0.0400. The predicted octanol–water partition coefficient (Wildman–Crippen LogP) is 4.00. The molecule has 90 valence electrons. The van der Waals surface area contributed by atoms with Gasteiger partial charge in [0.2, 0.25) is 0 Å². The molecule has 0 radical (unpaired) electrons. The van der Waals surface area contributed by atoms with Crippen LogP contribution in [0.2, 0.25) is 0 Å². The van der Waals surface area contributed by atoms with E-state index in [1.807, 2.05) is 0 Å². The standard InChI is InChI=1S/C14H28O/c1-11(2)13(15)7-9-14(4)8-5-6-12(3)10-14/h11-13,15H,5-10H2,1-4H3/t12?,13?,14-/m1/s1. The second kappa shape index (κ2) is 5.34. The molecule has 0 aliphatic heterocycles. The number of rotatable bonds is 4. The third-order valence-electron chi connectivity index (χ3n) is 4.13. The normalized spacial score (nSPS) is 34.4. The number of aliphatic hydroxyl groups excluding tert-OH is 1. The Labute approximate surface area is 95.3 Å². The summed E-state index contributed by atoms with van der Waals surface area (Å²) in [6.07, 6.45) is 7.61. The summed E-state index contributed by atoms with van der Waals surface area (Å²) in [5.41, 5.74) is 0.507. The molecule has 1 nitrogen and oxygen atoms in total. The fourth-order valence-electron chi connectivity index (χ4n) is 2.98. The zero-order valence-corrected chi connectivity index (χ0v) is 10.9. The van der Waals surface area contributed by atoms with Crippen molar-refractivity contribution in [3.8, 4) is 0 Å². The molecule has 2 unspecified atom stereocenters. The molecule has 1 rings (SSSR count). The quantitative estimate of drug-likeness (QED) is 0.747. The zero-order chi connectivity index (χ0) is 11.5. The summed E-state index contributed by atoms with van der Waals surface area (Å²) in [6, 6.07) is 0. The van der Waals surface area contributed by atoms with Crippen LogP contribution in [0.5, 0.6) is 0 Å². The third-order valence-corrected chi connectivity index (χ3v) is 4.13. The van der Waals surface area contributed by atoms with Crippen LogP contribution < -0.4 is 0 Å². The lowest BCUT2D eigenvalue weighted by Crippen LogP contribution is -2.27. The maximum absolute atomic E-state index is 9.84. The molecular weight excluding hydrogens is 184 g/mol. The Morgan fingerprint density at radius 2 is 2.07 bits per heavy atom. The van der Waals surface area contributed by atoms with Gasteiger partial charge in [-0.3, -0.25) is 0 Å². The molecule has 1 aliphatic carbocycles. The highest BCUT2D eigenvalue weighted by atomic mass is 16.3. The van der Waals surface area contributed by atoms with Gasteiger partial charge in [0, 0.05) is 0 Å². The molecule has 0 aromatic carbocycles. The van der Waals surface area contributed by atoms with E-state index in [0.29, 0.717) is 11.3 Å². The summed E-state index contributed by atoms with van der Waals surface area (Å²) in [6.45, 7) is 9.00. The Bertz CT molecular complexity index is 188. The molecule has 0 amide bonds. The largest absolute Gasteiger partial charge is 0.393 e. The molecule has 1 N–H and O–H groups in total. The fraction of sp³-hybridized carbons (Fsp3) is 1.00. The molecular formula is C14H28O. The molecule has 3 atom stereocenters. The minimum absolute atomic E-state index is 0.0981. The molecule has 1 saturated carbocycles. The van der Waals surface area contributed by atoms with E-state index in [9.17, 15) is 5.11 Å². The highest BCUT2D eigenvalue weighted by Gasteiger charge is 2.30. The highest BCUT2D eigenvalue weighted by molar-refractivity contribution is 4.82. The summed E-state index contributed by atoms with van der Waals surface area (Å²) in [7, 11) is 0. The first-order valence-corrected chi connectivity index (χ1v) is 6.61. The van der Waals surface area contributed by atoms with Crippen molar-refractivity contribution >= 4 is 0 Å². The van der Waals surface area contributed by atoms with E-state index in [2.05, 4.69) is 27.7 Å². The first kappa shape index (κ1) is 13.0. The zero-order valence-electron chi connectivity index (χ0n) is 10.9. The van der Waals surface area contributed by atoms with Crippen LogP contribution in [0.1, 0.15) is 66.2 Å². The van der Waals surface area contributed by atoms with E-state index >= 15 is 0 Å². The minimum Gasteiger partial charge on any atom is -0.393 e. The molecule has 15 heavy (non-hydrogen) atoms. The Balaban J connectivity index is 2.35. The van der Waals surface area contributed by atoms with Crippen LogP contribution in [-0.4, -0.2) is 11.2 Å². The van der Waals surface area contributed by atoms with Crippen LogP contribution in [0.4, 0.5) is 0 Å². The molecule has 0 aromatic rings. The number of hydrogen-bond acceptors (Lipinski definition) is 1. The van der Waals surface area contributed by atoms with Gasteiger partial charge in [0.25, 0.3) is 0 Å². The van der Waals surface area contributed by atoms with Gasteiger partial charge >= 0.3 is 0 Å². The molecule has 0 aromatic heterocycles. The van der Waals surface area contributed by atoms with Gasteiger partial charge in [-0.25, -0.2) is 0 Å². The van der Waals surface area contributed by atoms with Crippen molar-refractivity contribution in [3.05, 3.63) is 0 Å². The smallest absolute Gasteiger partial charge is 0.0563 e. The van der Waals surface area contributed by atoms with E-state index < -0.39 is 0 Å². The maximum atomic E-state index is 9.84. The van der Waals surface area contributed by atoms with Gasteiger partial charge in [-0.05, 0) is 42.9 Å². The van der Waals surface area contributed by atoms with Crippen LogP contribution in [0.3, 0.4) is 0 Å². The maximum Gasteiger partial charge on any atom is 0.0563 e. The van der Waals surface area contributed by atoms with Gasteiger partial charge in [0.05, 0.1) is 6.10 Å². The highest BCUT2D eigenvalue weighted by Crippen LogP contribution is 2.42. The molecule has 1 aliphatic rings. The average molecular weight is 212 g/mol. The lowest BCUT2D eigenvalue weighted by atomic mass is 9.68. The summed E-state index contributed by atoms with van der Waals surface area (Å²) in [5.74, 6) is 1.30. The lowest BCUT2D eigenvalue weighted by Gasteiger charge is -2.38. The lowest BCUT2D eigenvalue weighted by molar-refractivity contribution is 0.0778. The van der Waals surface area contributed by atoms with Gasteiger partial charge in [0.15, 0.2) is 0 Å². The first-order chi connectivity index (χ1) is 6.93. The summed E-state index contributed by atoms with van der Waals surface area (Å²) in [5, 5.41) is 9.84. The summed E-state index contributed by atoms with van der Waals surface area (Å²) in [4.78, 5) is 0. The molecule has 0 heterocycles. The average Bonchev–Trinajstić information content (AvgIpc) is 2.13. The first-order valence-electron chi connectivity index (χ1n) is 6.61. The van der Waals surface area contributed by atoms with E-state index in [1.165, 1.54) is 32.1 Å². The Morgan fingerprint density at radius 1 is 1.40 bits per heavy atom. The Morgan fingerprint density at radius 3 is 2.60 bits per heavy atom. The third kappa shape index (κ3) is 4.14. The second-order valence-electron chi connectivity index (χ2n) is 6.36. The van der Waals surface area contributed by atoms with Crippen molar-refractivity contribution in [3.63, 3.8) is 0 Å². The molecule has 0 saturated heterocycles. The summed E-state index contributed by atoms with van der Waals surface area (Å²) >= 11 is 0. The van der Waals surface area contributed by atoms with E-state index in [-0.39, 0.29) is 6.10 Å². The van der Waals surface area contributed by atoms with E-state index in [4.69, 9.17) is 0 Å². The minimum atomic E-state index is -0.0981. The number of aliphatic hydroxyl groups is 1. The van der Waals surface area contributed by atoms with Crippen molar-refractivity contribution in [2.75, 3.05) is 0 Å². The van der Waals surface area contributed by atoms with Gasteiger partial charge in [-0.15, -0.1) is 0 Å². The van der Waals surface area contributed by atoms with Crippen molar-refractivity contribution < 1.29 is 5.11 Å². The van der Waals surface area contributed by atoms with Crippen molar-refractivity contribution in [1.29, 1.82) is 0 Å². The predicted molar refractivity (Wildman–Crippen MR) is 65.8 cm³/mol. The van der Waals surface area contributed by atoms with Crippen molar-refractivity contribution in [2.45, 2.75) is 72.3 Å². The monoisotopic (exact) mass is 212 g/mol. The van der Waals surface area contributed by atoms with Gasteiger partial charge in [-0.2, -0.15) is 0 Å². The van der Waals surface area contributed by atoms with E-state index in [1.54, 1.807) is 0 Å². The topological polar surface area (TPSA) is 20.2 Å². The molecule has 0 bridgehead atoms. The SMILES string of the molecule is CC1CCC[C@](C)(CCC(O)C(C)C)C1. The number of hydrogen-bond donors (Lipinski definition) is 1. The van der Waals surface area contributed by atoms with Gasteiger partial charge in [-0.1, -0.05) is 40.5 Å². The fourth-order valence-corrected chi connectivity index (χ4v) is 2.98. The summed E-state index contributed by atoms with van der Waals surface area (Å²) < 4.78 is 0. The van der Waals surface area contributed by atoms with E-state index in [0.717, 1.165) is 12.3 Å². The van der Waals surface area contributed by atoms with Gasteiger partial charge < -0.3 is 5.11 Å².